The molecule has 3 rings (SSSR count). The Balaban J connectivity index is 2.01. The Morgan fingerprint density at radius 1 is 0.619 bits per heavy atom. The second-order valence-corrected chi connectivity index (χ2v) is 6.35. The van der Waals surface area contributed by atoms with Crippen molar-refractivity contribution in [3.63, 3.8) is 0 Å². The Morgan fingerprint density at radius 3 is 1.10 bits per heavy atom. The molecule has 2 heterocycles. The minimum Gasteiger partial charge on any atom is -0.422 e. The minimum atomic E-state index is -1.99. The van der Waals surface area contributed by atoms with E-state index in [1.807, 2.05) is 0 Å². The topological polar surface area (TPSA) is 105 Å². The number of cyclic esters (lactones) is 4. The summed E-state index contributed by atoms with van der Waals surface area (Å²) in [4.78, 5) is 48.8. The Bertz CT molecular complexity index is 507. The van der Waals surface area contributed by atoms with Gasteiger partial charge in [-0.1, -0.05) is 0 Å². The van der Waals surface area contributed by atoms with Crippen LogP contribution in [-0.2, 0) is 38.1 Å². The summed E-state index contributed by atoms with van der Waals surface area (Å²) in [6.07, 6.45) is -0.360. The number of fused-ring (bicyclic) bond motifs is 1. The lowest BCUT2D eigenvalue weighted by molar-refractivity contribution is -0.259. The number of ether oxygens (including phenoxy) is 4. The van der Waals surface area contributed by atoms with Crippen molar-refractivity contribution < 1.29 is 38.1 Å². The van der Waals surface area contributed by atoms with Gasteiger partial charge in [-0.15, -0.1) is 0 Å². The molecule has 3 aliphatic rings. The maximum Gasteiger partial charge on any atom is 0.328 e. The molecule has 0 aromatic carbocycles. The standard InChI is InChI=1S/C13H14O8/c1-10(2)18-6(14)12(7(15)19-10)5-13(12)8(16)20-11(3,4)21-9(13)17/h5H2,1-4H3. The third-order valence-electron chi connectivity index (χ3n) is 3.88. The molecular formula is C13H14O8. The Labute approximate surface area is 119 Å². The maximum absolute atomic E-state index is 12.2. The normalized spacial score (nSPS) is 30.3. The fourth-order valence-electron chi connectivity index (χ4n) is 2.79. The number of carbonyl (C=O) groups excluding carboxylic acids is 4. The first-order valence-electron chi connectivity index (χ1n) is 6.41. The highest BCUT2D eigenvalue weighted by Crippen LogP contribution is 2.69. The molecule has 1 saturated carbocycles. The van der Waals surface area contributed by atoms with Crippen molar-refractivity contribution in [2.24, 2.45) is 10.8 Å². The molecule has 2 spiro atoms. The van der Waals surface area contributed by atoms with E-state index in [2.05, 4.69) is 0 Å². The van der Waals surface area contributed by atoms with Crippen LogP contribution in [0.2, 0.25) is 0 Å². The van der Waals surface area contributed by atoms with Gasteiger partial charge in [-0.2, -0.15) is 0 Å². The molecule has 21 heavy (non-hydrogen) atoms. The molecule has 0 bridgehead atoms. The largest absolute Gasteiger partial charge is 0.422 e. The number of carbonyl (C=O) groups is 4. The monoisotopic (exact) mass is 298 g/mol. The van der Waals surface area contributed by atoms with E-state index in [-0.39, 0.29) is 6.42 Å². The van der Waals surface area contributed by atoms with Crippen LogP contribution in [0, 0.1) is 10.8 Å². The van der Waals surface area contributed by atoms with Crippen LogP contribution in [0.25, 0.3) is 0 Å². The summed E-state index contributed by atoms with van der Waals surface area (Å²) >= 11 is 0. The first-order chi connectivity index (χ1) is 9.47. The van der Waals surface area contributed by atoms with Crippen molar-refractivity contribution in [3.8, 4) is 0 Å². The van der Waals surface area contributed by atoms with Gasteiger partial charge in [0.15, 0.2) is 10.8 Å². The van der Waals surface area contributed by atoms with Crippen LogP contribution in [0.15, 0.2) is 0 Å². The molecule has 8 heteroatoms. The highest BCUT2D eigenvalue weighted by molar-refractivity contribution is 6.22. The molecule has 2 saturated heterocycles. The van der Waals surface area contributed by atoms with Gasteiger partial charge in [0.1, 0.15) is 0 Å². The third kappa shape index (κ3) is 1.50. The quantitative estimate of drug-likeness (QED) is 0.456. The molecule has 0 N–H and O–H groups in total. The van der Waals surface area contributed by atoms with Gasteiger partial charge in [0.05, 0.1) is 0 Å². The molecule has 8 nitrogen and oxygen atoms in total. The predicted octanol–water partition coefficient (Wildman–Crippen LogP) is 0.0351. The van der Waals surface area contributed by atoms with Crippen molar-refractivity contribution in [1.29, 1.82) is 0 Å². The van der Waals surface area contributed by atoms with Crippen LogP contribution < -0.4 is 0 Å². The number of esters is 4. The van der Waals surface area contributed by atoms with E-state index in [4.69, 9.17) is 18.9 Å². The summed E-state index contributed by atoms with van der Waals surface area (Å²) < 4.78 is 20.0. The van der Waals surface area contributed by atoms with Crippen LogP contribution in [-0.4, -0.2) is 35.5 Å². The lowest BCUT2D eigenvalue weighted by Gasteiger charge is -2.37. The first-order valence-corrected chi connectivity index (χ1v) is 6.41. The third-order valence-corrected chi connectivity index (χ3v) is 3.88. The average Bonchev–Trinajstić information content (AvgIpc) is 2.94. The van der Waals surface area contributed by atoms with E-state index in [0.717, 1.165) is 0 Å². The van der Waals surface area contributed by atoms with E-state index in [1.54, 1.807) is 0 Å². The molecule has 0 amide bonds. The van der Waals surface area contributed by atoms with Gasteiger partial charge in [-0.05, 0) is 0 Å². The Morgan fingerprint density at radius 2 is 0.857 bits per heavy atom. The second kappa shape index (κ2) is 3.37. The lowest BCUT2D eigenvalue weighted by Crippen LogP contribution is -2.56. The predicted molar refractivity (Wildman–Crippen MR) is 62.0 cm³/mol. The maximum atomic E-state index is 12.2. The summed E-state index contributed by atoms with van der Waals surface area (Å²) in [5.41, 5.74) is -3.99. The highest BCUT2D eigenvalue weighted by atomic mass is 16.8. The SMILES string of the molecule is CC1(C)OC(=O)C2(CC23C(=O)OC(C)(C)OC3=O)C(=O)O1. The summed E-state index contributed by atoms with van der Waals surface area (Å²) in [6.45, 7) is 5.52. The second-order valence-electron chi connectivity index (χ2n) is 6.35. The smallest absolute Gasteiger partial charge is 0.328 e. The van der Waals surface area contributed by atoms with Gasteiger partial charge in [-0.25, -0.2) is 0 Å². The molecule has 3 fully saturated rings. The average molecular weight is 298 g/mol. The van der Waals surface area contributed by atoms with Crippen LogP contribution >= 0.6 is 0 Å². The van der Waals surface area contributed by atoms with Crippen molar-refractivity contribution in [2.45, 2.75) is 45.7 Å². The first kappa shape index (κ1) is 13.8. The van der Waals surface area contributed by atoms with E-state index in [1.165, 1.54) is 27.7 Å². The summed E-state index contributed by atoms with van der Waals surface area (Å²) in [5.74, 6) is -6.78. The molecule has 114 valence electrons. The van der Waals surface area contributed by atoms with E-state index in [9.17, 15) is 19.2 Å². The van der Waals surface area contributed by atoms with Gasteiger partial charge in [0, 0.05) is 34.1 Å². The van der Waals surface area contributed by atoms with Crippen LogP contribution in [0.3, 0.4) is 0 Å². The number of hydrogen-bond donors (Lipinski definition) is 0. The van der Waals surface area contributed by atoms with Gasteiger partial charge >= 0.3 is 23.9 Å². The number of hydrogen-bond acceptors (Lipinski definition) is 8. The van der Waals surface area contributed by atoms with Crippen molar-refractivity contribution in [3.05, 3.63) is 0 Å². The number of rotatable bonds is 0. The van der Waals surface area contributed by atoms with Crippen LogP contribution in [0.4, 0.5) is 0 Å². The summed E-state index contributed by atoms with van der Waals surface area (Å²) in [6, 6.07) is 0. The lowest BCUT2D eigenvalue weighted by atomic mass is 9.90. The highest BCUT2D eigenvalue weighted by Gasteiger charge is 2.91. The van der Waals surface area contributed by atoms with E-state index in [0.29, 0.717) is 0 Å². The van der Waals surface area contributed by atoms with Crippen molar-refractivity contribution >= 4 is 23.9 Å². The van der Waals surface area contributed by atoms with E-state index >= 15 is 0 Å². The van der Waals surface area contributed by atoms with Crippen LogP contribution in [0.5, 0.6) is 0 Å². The van der Waals surface area contributed by atoms with Crippen molar-refractivity contribution in [1.82, 2.24) is 0 Å². The molecule has 0 unspecified atom stereocenters. The molecule has 2 aliphatic heterocycles. The zero-order valence-electron chi connectivity index (χ0n) is 12.0. The van der Waals surface area contributed by atoms with Crippen LogP contribution in [0.1, 0.15) is 34.1 Å². The summed E-state index contributed by atoms with van der Waals surface area (Å²) in [5, 5.41) is 0. The fraction of sp³-hybridized carbons (Fsp3) is 0.692. The van der Waals surface area contributed by atoms with Gasteiger partial charge in [0.2, 0.25) is 0 Å². The van der Waals surface area contributed by atoms with Gasteiger partial charge in [0.25, 0.3) is 11.6 Å². The Kier molecular flexibility index (Phi) is 2.22. The fourth-order valence-corrected chi connectivity index (χ4v) is 2.79. The molecule has 0 aromatic rings. The molecular weight excluding hydrogens is 284 g/mol. The zero-order valence-corrected chi connectivity index (χ0v) is 12.0. The van der Waals surface area contributed by atoms with Crippen molar-refractivity contribution in [2.75, 3.05) is 0 Å². The molecule has 1 aliphatic carbocycles. The summed E-state index contributed by atoms with van der Waals surface area (Å²) in [7, 11) is 0. The molecule has 0 atom stereocenters. The zero-order chi connectivity index (χ0) is 15.8. The van der Waals surface area contributed by atoms with Gasteiger partial charge < -0.3 is 18.9 Å². The van der Waals surface area contributed by atoms with Gasteiger partial charge in [-0.3, -0.25) is 19.2 Å². The van der Waals surface area contributed by atoms with E-state index < -0.39 is 46.3 Å². The molecule has 0 aromatic heterocycles. The minimum absolute atomic E-state index is 0.360. The Hall–Kier alpha value is -2.12. The molecule has 0 radical (unpaired) electrons.